The normalized spacial score (nSPS) is 10.6. The predicted molar refractivity (Wildman–Crippen MR) is 112 cm³/mol. The highest BCUT2D eigenvalue weighted by atomic mass is 79.9. The second-order valence-corrected chi connectivity index (χ2v) is 6.83. The summed E-state index contributed by atoms with van der Waals surface area (Å²) in [5.74, 6) is 0. The fourth-order valence-electron chi connectivity index (χ4n) is 3.13. The van der Waals surface area contributed by atoms with E-state index in [2.05, 4.69) is 119 Å². The molecule has 120 valence electrons. The van der Waals surface area contributed by atoms with Crippen LogP contribution in [-0.2, 0) is 0 Å². The van der Waals surface area contributed by atoms with E-state index >= 15 is 0 Å². The maximum absolute atomic E-state index is 3.75. The highest BCUT2D eigenvalue weighted by Crippen LogP contribution is 2.33. The molecule has 0 amide bonds. The van der Waals surface area contributed by atoms with Gasteiger partial charge in [-0.3, -0.25) is 0 Å². The molecule has 1 heteroatoms. The van der Waals surface area contributed by atoms with Crippen molar-refractivity contribution in [2.45, 2.75) is 0 Å². The quantitative estimate of drug-likeness (QED) is 0.327. The monoisotopic (exact) mass is 384 g/mol. The fourth-order valence-corrected chi connectivity index (χ4v) is 3.59. The van der Waals surface area contributed by atoms with E-state index in [4.69, 9.17) is 0 Å². The van der Waals surface area contributed by atoms with Crippen LogP contribution in [0.5, 0.6) is 0 Å². The van der Waals surface area contributed by atoms with Crippen LogP contribution in [-0.4, -0.2) is 0 Å². The lowest BCUT2D eigenvalue weighted by Crippen LogP contribution is -1.89. The van der Waals surface area contributed by atoms with Crippen molar-refractivity contribution in [3.63, 3.8) is 0 Å². The molecule has 0 aliphatic heterocycles. The Morgan fingerprint density at radius 3 is 1.80 bits per heavy atom. The molecular weight excluding hydrogens is 368 g/mol. The highest BCUT2D eigenvalue weighted by Gasteiger charge is 2.09. The Kier molecular flexibility index (Phi) is 4.49. The first kappa shape index (κ1) is 15.9. The van der Waals surface area contributed by atoms with Gasteiger partial charge in [0.05, 0.1) is 0 Å². The smallest absolute Gasteiger partial charge is 0.0254 e. The number of halogens is 1. The zero-order valence-electron chi connectivity index (χ0n) is 13.7. The van der Waals surface area contributed by atoms with E-state index in [1.807, 2.05) is 0 Å². The van der Waals surface area contributed by atoms with Crippen molar-refractivity contribution in [2.75, 3.05) is 0 Å². The second kappa shape index (κ2) is 7.08. The van der Waals surface area contributed by atoms with Crippen molar-refractivity contribution in [3.8, 4) is 0 Å². The Morgan fingerprint density at radius 2 is 1.16 bits per heavy atom. The summed E-state index contributed by atoms with van der Waals surface area (Å²) in [4.78, 5) is 0. The molecule has 0 bridgehead atoms. The van der Waals surface area contributed by atoms with Crippen molar-refractivity contribution in [3.05, 3.63) is 118 Å². The molecule has 0 N–H and O–H groups in total. The number of benzene rings is 4. The van der Waals surface area contributed by atoms with Gasteiger partial charge in [-0.1, -0.05) is 107 Å². The van der Waals surface area contributed by atoms with Crippen LogP contribution in [0.3, 0.4) is 0 Å². The van der Waals surface area contributed by atoms with Gasteiger partial charge in [0.2, 0.25) is 0 Å². The molecule has 4 aromatic rings. The lowest BCUT2D eigenvalue weighted by molar-refractivity contribution is 1.55. The van der Waals surface area contributed by atoms with Crippen LogP contribution < -0.4 is 0 Å². The van der Waals surface area contributed by atoms with Crippen LogP contribution in [0.25, 0.3) is 22.4 Å². The van der Waals surface area contributed by atoms with Crippen molar-refractivity contribution in [2.24, 2.45) is 0 Å². The summed E-state index contributed by atoms with van der Waals surface area (Å²) in [6.45, 7) is 0. The van der Waals surface area contributed by atoms with E-state index in [0.29, 0.717) is 0 Å². The Labute approximate surface area is 156 Å². The zero-order valence-corrected chi connectivity index (χ0v) is 15.3. The summed E-state index contributed by atoms with van der Waals surface area (Å²) in [7, 11) is 0. The first-order valence-corrected chi connectivity index (χ1v) is 9.12. The maximum atomic E-state index is 3.75. The molecule has 0 aromatic heterocycles. The van der Waals surface area contributed by atoms with Crippen LogP contribution in [0.15, 0.2) is 102 Å². The molecule has 0 atom stereocenters. The predicted octanol–water partition coefficient (Wildman–Crippen LogP) is 7.19. The van der Waals surface area contributed by atoms with Crippen molar-refractivity contribution < 1.29 is 0 Å². The van der Waals surface area contributed by atoms with Gasteiger partial charge in [-0.15, -0.1) is 0 Å². The van der Waals surface area contributed by atoms with Crippen LogP contribution in [0.2, 0.25) is 0 Å². The van der Waals surface area contributed by atoms with Gasteiger partial charge in [-0.2, -0.15) is 0 Å². The molecule has 0 nitrogen and oxygen atoms in total. The molecule has 0 saturated carbocycles. The molecule has 0 fully saturated rings. The van der Waals surface area contributed by atoms with Crippen molar-refractivity contribution >= 4 is 38.4 Å². The van der Waals surface area contributed by atoms with Gasteiger partial charge in [0.25, 0.3) is 0 Å². The molecule has 0 unspecified atom stereocenters. The summed E-state index contributed by atoms with van der Waals surface area (Å²) in [6, 6.07) is 33.9. The van der Waals surface area contributed by atoms with Gasteiger partial charge in [-0.05, 0) is 45.2 Å². The van der Waals surface area contributed by atoms with E-state index in [9.17, 15) is 0 Å². The average molecular weight is 385 g/mol. The Morgan fingerprint density at radius 1 is 0.600 bits per heavy atom. The summed E-state index contributed by atoms with van der Waals surface area (Å²) in [5, 5.41) is 2.50. The number of fused-ring (bicyclic) bond motifs is 1. The number of rotatable bonds is 3. The number of hydrogen-bond acceptors (Lipinski definition) is 0. The first-order valence-electron chi connectivity index (χ1n) is 8.33. The molecule has 0 aliphatic carbocycles. The molecule has 4 aromatic carbocycles. The average Bonchev–Trinajstić information content (AvgIpc) is 2.69. The van der Waals surface area contributed by atoms with E-state index in [-0.39, 0.29) is 0 Å². The van der Waals surface area contributed by atoms with Crippen LogP contribution in [0.4, 0.5) is 0 Å². The summed E-state index contributed by atoms with van der Waals surface area (Å²) in [6.07, 6.45) is 2.29. The molecule has 0 radical (unpaired) electrons. The lowest BCUT2D eigenvalue weighted by atomic mass is 9.94. The van der Waals surface area contributed by atoms with E-state index in [0.717, 1.165) is 4.47 Å². The van der Waals surface area contributed by atoms with Gasteiger partial charge in [-0.25, -0.2) is 0 Å². The summed E-state index contributed by atoms with van der Waals surface area (Å²) >= 11 is 3.75. The molecule has 0 aliphatic rings. The molecule has 0 saturated heterocycles. The van der Waals surface area contributed by atoms with Crippen LogP contribution in [0.1, 0.15) is 16.7 Å². The zero-order chi connectivity index (χ0) is 17.1. The third-order valence-electron chi connectivity index (χ3n) is 4.38. The minimum absolute atomic E-state index is 1.11. The van der Waals surface area contributed by atoms with Crippen LogP contribution in [0, 0.1) is 0 Å². The molecule has 0 spiro atoms. The molecule has 0 heterocycles. The Balaban J connectivity index is 1.99. The first-order chi connectivity index (χ1) is 12.3. The minimum atomic E-state index is 1.11. The second-order valence-electron chi connectivity index (χ2n) is 5.97. The lowest BCUT2D eigenvalue weighted by Gasteiger charge is -2.11. The SMILES string of the molecule is Brc1ccc2ccccc2c1C=C(c1ccccc1)c1ccccc1. The molecule has 4 rings (SSSR count). The van der Waals surface area contributed by atoms with Gasteiger partial charge >= 0.3 is 0 Å². The largest absolute Gasteiger partial charge is 0.0622 e. The van der Waals surface area contributed by atoms with Crippen molar-refractivity contribution in [1.29, 1.82) is 0 Å². The van der Waals surface area contributed by atoms with Gasteiger partial charge < -0.3 is 0 Å². The fraction of sp³-hybridized carbons (Fsp3) is 0. The summed E-state index contributed by atoms with van der Waals surface area (Å²) < 4.78 is 1.11. The topological polar surface area (TPSA) is 0 Å². The Bertz CT molecular complexity index is 990. The Hall–Kier alpha value is -2.64. The van der Waals surface area contributed by atoms with E-state index in [1.54, 1.807) is 0 Å². The van der Waals surface area contributed by atoms with E-state index < -0.39 is 0 Å². The van der Waals surface area contributed by atoms with E-state index in [1.165, 1.54) is 33.0 Å². The molecular formula is C24H17Br. The highest BCUT2D eigenvalue weighted by molar-refractivity contribution is 9.10. The summed E-state index contributed by atoms with van der Waals surface area (Å²) in [5.41, 5.74) is 4.86. The molecule has 25 heavy (non-hydrogen) atoms. The van der Waals surface area contributed by atoms with Crippen LogP contribution >= 0.6 is 15.9 Å². The third-order valence-corrected chi connectivity index (χ3v) is 5.07. The van der Waals surface area contributed by atoms with Gasteiger partial charge in [0, 0.05) is 4.47 Å². The number of hydrogen-bond donors (Lipinski definition) is 0. The third kappa shape index (κ3) is 3.29. The van der Waals surface area contributed by atoms with Crippen molar-refractivity contribution in [1.82, 2.24) is 0 Å². The minimum Gasteiger partial charge on any atom is -0.0622 e. The standard InChI is InChI=1S/C24H17Br/c25-24-16-15-20-13-7-8-14-21(20)23(24)17-22(18-9-3-1-4-10-18)19-11-5-2-6-12-19/h1-17H. The maximum Gasteiger partial charge on any atom is 0.0254 e. The van der Waals surface area contributed by atoms with Gasteiger partial charge in [0.15, 0.2) is 0 Å². The van der Waals surface area contributed by atoms with Gasteiger partial charge in [0.1, 0.15) is 0 Å².